The van der Waals surface area contributed by atoms with Crippen molar-refractivity contribution < 1.29 is 9.00 Å². The van der Waals surface area contributed by atoms with Gasteiger partial charge in [0.2, 0.25) is 5.91 Å². The summed E-state index contributed by atoms with van der Waals surface area (Å²) in [5.74, 6) is 0.375. The number of nitrogens with zero attached hydrogens (tertiary/aromatic N) is 4. The van der Waals surface area contributed by atoms with Crippen LogP contribution in [0.4, 0.5) is 5.69 Å². The summed E-state index contributed by atoms with van der Waals surface area (Å²) in [7, 11) is -0.958. The molecule has 2 rings (SSSR count). The second kappa shape index (κ2) is 7.49. The normalized spacial score (nSPS) is 18.4. The number of allylic oxidation sites excluding steroid dienone is 1. The molecule has 0 saturated carbocycles. The van der Waals surface area contributed by atoms with E-state index in [1.165, 1.54) is 0 Å². The molecular formula is C15H22N4O2S. The first-order valence-corrected chi connectivity index (χ1v) is 9.10. The Hall–Kier alpha value is -1.76. The molecule has 2 atom stereocenters. The molecule has 1 aliphatic heterocycles. The molecule has 6 nitrogen and oxygen atoms in total. The number of rotatable bonds is 6. The molecule has 1 amide bonds. The van der Waals surface area contributed by atoms with Gasteiger partial charge in [0.1, 0.15) is 0 Å². The van der Waals surface area contributed by atoms with Crippen molar-refractivity contribution in [2.45, 2.75) is 32.7 Å². The molecule has 2 heterocycles. The topological polar surface area (TPSA) is 67.6 Å². The molecular weight excluding hydrogens is 300 g/mol. The maximum absolute atomic E-state index is 12.3. The lowest BCUT2D eigenvalue weighted by Crippen LogP contribution is -2.31. The third-order valence-corrected chi connectivity index (χ3v) is 4.35. The van der Waals surface area contributed by atoms with E-state index in [-0.39, 0.29) is 18.4 Å². The highest BCUT2D eigenvalue weighted by molar-refractivity contribution is 7.84. The Balaban J connectivity index is 2.17. The van der Waals surface area contributed by atoms with Crippen LogP contribution in [-0.4, -0.2) is 44.7 Å². The van der Waals surface area contributed by atoms with Crippen molar-refractivity contribution in [1.82, 2.24) is 9.78 Å². The van der Waals surface area contributed by atoms with E-state index in [0.29, 0.717) is 12.3 Å². The van der Waals surface area contributed by atoms with Crippen LogP contribution in [0.25, 0.3) is 0 Å². The van der Waals surface area contributed by atoms with Crippen molar-refractivity contribution in [3.05, 3.63) is 24.2 Å². The molecule has 1 aromatic rings. The SMILES string of the molecule is CCN(C(=O)CCS(C)=O)c1cn(C2C=NC=CC2)nc1C. The lowest BCUT2D eigenvalue weighted by molar-refractivity contribution is -0.118. The Morgan fingerprint density at radius 1 is 1.55 bits per heavy atom. The molecule has 7 heteroatoms. The number of aryl methyl sites for hydroxylation is 1. The van der Waals surface area contributed by atoms with E-state index in [9.17, 15) is 9.00 Å². The Morgan fingerprint density at radius 3 is 2.91 bits per heavy atom. The lowest BCUT2D eigenvalue weighted by Gasteiger charge is -2.20. The highest BCUT2D eigenvalue weighted by Crippen LogP contribution is 2.23. The van der Waals surface area contributed by atoms with Gasteiger partial charge in [-0.3, -0.25) is 18.7 Å². The van der Waals surface area contributed by atoms with Crippen LogP contribution in [0.5, 0.6) is 0 Å². The Bertz CT molecular complexity index is 621. The molecule has 0 fully saturated rings. The van der Waals surface area contributed by atoms with Crippen molar-refractivity contribution in [3.63, 3.8) is 0 Å². The second-order valence-corrected chi connectivity index (χ2v) is 6.79. The quantitative estimate of drug-likeness (QED) is 0.802. The maximum atomic E-state index is 12.3. The van der Waals surface area contributed by atoms with Gasteiger partial charge in [-0.25, -0.2) is 0 Å². The second-order valence-electron chi connectivity index (χ2n) is 5.23. The molecule has 0 saturated heterocycles. The highest BCUT2D eigenvalue weighted by atomic mass is 32.2. The fourth-order valence-electron chi connectivity index (χ4n) is 2.40. The number of carbonyl (C=O) groups is 1. The third kappa shape index (κ3) is 3.91. The van der Waals surface area contributed by atoms with Gasteiger partial charge in [-0.05, 0) is 20.3 Å². The Morgan fingerprint density at radius 2 is 2.32 bits per heavy atom. The van der Waals surface area contributed by atoms with Gasteiger partial charge < -0.3 is 4.90 Å². The summed E-state index contributed by atoms with van der Waals surface area (Å²) < 4.78 is 13.0. The summed E-state index contributed by atoms with van der Waals surface area (Å²) in [6.07, 6.45) is 10.3. The van der Waals surface area contributed by atoms with E-state index in [2.05, 4.69) is 10.1 Å². The van der Waals surface area contributed by atoms with E-state index in [0.717, 1.165) is 17.8 Å². The molecule has 1 aliphatic rings. The molecule has 0 bridgehead atoms. The van der Waals surface area contributed by atoms with Crippen molar-refractivity contribution in [1.29, 1.82) is 0 Å². The van der Waals surface area contributed by atoms with E-state index in [1.807, 2.05) is 37.0 Å². The minimum atomic E-state index is -0.958. The maximum Gasteiger partial charge on any atom is 0.227 e. The van der Waals surface area contributed by atoms with Crippen molar-refractivity contribution >= 4 is 28.6 Å². The van der Waals surface area contributed by atoms with E-state index in [1.54, 1.807) is 17.4 Å². The fraction of sp³-hybridized carbons (Fsp3) is 0.533. The fourth-order valence-corrected chi connectivity index (χ4v) is 2.86. The van der Waals surface area contributed by atoms with Gasteiger partial charge in [0, 0.05) is 54.4 Å². The predicted molar refractivity (Wildman–Crippen MR) is 89.8 cm³/mol. The standard InChI is InChI=1S/C15H22N4O2S/c1-4-18(15(20)7-9-22(3)21)14-11-19(17-12(14)2)13-6-5-8-16-10-13/h5,8,10-11,13H,4,6-7,9H2,1-3H3. The van der Waals surface area contributed by atoms with Gasteiger partial charge in [0.05, 0.1) is 17.4 Å². The van der Waals surface area contributed by atoms with Crippen LogP contribution in [0.2, 0.25) is 0 Å². The summed E-state index contributed by atoms with van der Waals surface area (Å²) in [5.41, 5.74) is 1.63. The van der Waals surface area contributed by atoms with E-state index in [4.69, 9.17) is 0 Å². The zero-order valence-corrected chi connectivity index (χ0v) is 14.0. The molecule has 0 N–H and O–H groups in total. The molecule has 0 spiro atoms. The predicted octanol–water partition coefficient (Wildman–Crippen LogP) is 1.84. The van der Waals surface area contributed by atoms with Gasteiger partial charge in [0.25, 0.3) is 0 Å². The van der Waals surface area contributed by atoms with Crippen LogP contribution >= 0.6 is 0 Å². The molecule has 1 aromatic heterocycles. The van der Waals surface area contributed by atoms with E-state index < -0.39 is 10.8 Å². The number of hydrogen-bond donors (Lipinski definition) is 0. The first kappa shape index (κ1) is 16.6. The first-order valence-electron chi connectivity index (χ1n) is 7.37. The van der Waals surface area contributed by atoms with Crippen LogP contribution in [0.1, 0.15) is 31.5 Å². The minimum absolute atomic E-state index is 0.0162. The molecule has 22 heavy (non-hydrogen) atoms. The summed E-state index contributed by atoms with van der Waals surface area (Å²) in [6.45, 7) is 4.40. The summed E-state index contributed by atoms with van der Waals surface area (Å²) in [4.78, 5) is 18.2. The lowest BCUT2D eigenvalue weighted by atomic mass is 10.2. The van der Waals surface area contributed by atoms with E-state index >= 15 is 0 Å². The number of hydrogen-bond acceptors (Lipinski definition) is 4. The van der Waals surface area contributed by atoms with Gasteiger partial charge >= 0.3 is 0 Å². The zero-order valence-electron chi connectivity index (χ0n) is 13.2. The highest BCUT2D eigenvalue weighted by Gasteiger charge is 2.20. The number of aromatic nitrogens is 2. The summed E-state index contributed by atoms with van der Waals surface area (Å²) in [6, 6.07) is 0.0920. The van der Waals surface area contributed by atoms with Crippen molar-refractivity contribution in [2.75, 3.05) is 23.5 Å². The molecule has 2 unspecified atom stereocenters. The summed E-state index contributed by atoms with van der Waals surface area (Å²) >= 11 is 0. The van der Waals surface area contributed by atoms with Crippen molar-refractivity contribution in [2.24, 2.45) is 4.99 Å². The smallest absolute Gasteiger partial charge is 0.227 e. The minimum Gasteiger partial charge on any atom is -0.310 e. The van der Waals surface area contributed by atoms with Crippen LogP contribution in [0.15, 0.2) is 23.5 Å². The third-order valence-electron chi connectivity index (χ3n) is 3.57. The van der Waals surface area contributed by atoms with Gasteiger partial charge in [-0.2, -0.15) is 5.10 Å². The average molecular weight is 322 g/mol. The van der Waals surface area contributed by atoms with Crippen LogP contribution in [0, 0.1) is 6.92 Å². The molecule has 120 valence electrons. The van der Waals surface area contributed by atoms with Gasteiger partial charge in [0.15, 0.2) is 0 Å². The number of carbonyl (C=O) groups excluding carboxylic acids is 1. The number of anilines is 1. The largest absolute Gasteiger partial charge is 0.310 e. The van der Waals surface area contributed by atoms with Crippen LogP contribution in [0.3, 0.4) is 0 Å². The van der Waals surface area contributed by atoms with Crippen LogP contribution in [-0.2, 0) is 15.6 Å². The Labute approximate surface area is 133 Å². The number of aliphatic imine (C=N–C) groups is 1. The summed E-state index contributed by atoms with van der Waals surface area (Å²) in [5, 5.41) is 4.52. The zero-order chi connectivity index (χ0) is 16.1. The van der Waals surface area contributed by atoms with Gasteiger partial charge in [-0.1, -0.05) is 6.08 Å². The van der Waals surface area contributed by atoms with Crippen LogP contribution < -0.4 is 4.90 Å². The molecule has 0 radical (unpaired) electrons. The molecule has 0 aromatic carbocycles. The molecule has 0 aliphatic carbocycles. The van der Waals surface area contributed by atoms with Crippen molar-refractivity contribution in [3.8, 4) is 0 Å². The van der Waals surface area contributed by atoms with Gasteiger partial charge in [-0.15, -0.1) is 0 Å². The number of amides is 1. The Kier molecular flexibility index (Phi) is 5.65. The first-order chi connectivity index (χ1) is 10.5. The monoisotopic (exact) mass is 322 g/mol. The average Bonchev–Trinajstić information content (AvgIpc) is 2.89.